The Morgan fingerprint density at radius 2 is 0.759 bits per heavy atom. The summed E-state index contributed by atoms with van der Waals surface area (Å²) in [6.07, 6.45) is 4.51. The molecule has 2 aliphatic rings. The van der Waals surface area contributed by atoms with Gasteiger partial charge in [-0.2, -0.15) is 0 Å². The molecule has 4 aromatic rings. The molecule has 29 heavy (non-hydrogen) atoms. The summed E-state index contributed by atoms with van der Waals surface area (Å²) in [6, 6.07) is 35.5. The minimum atomic E-state index is 0.333. The van der Waals surface area contributed by atoms with Gasteiger partial charge in [0.25, 0.3) is 0 Å². The molecule has 0 atom stereocenters. The molecule has 136 valence electrons. The third kappa shape index (κ3) is 2.67. The molecule has 0 bridgehead atoms. The predicted octanol–water partition coefficient (Wildman–Crippen LogP) is 5.15. The summed E-state index contributed by atoms with van der Waals surface area (Å²) in [6.45, 7) is 0. The number of benzene rings is 4. The molecule has 0 saturated heterocycles. The third-order valence-corrected chi connectivity index (χ3v) is 8.10. The van der Waals surface area contributed by atoms with Crippen LogP contribution in [0.25, 0.3) is 23.3 Å². The van der Waals surface area contributed by atoms with E-state index in [1.165, 1.54) is 53.5 Å². The fourth-order valence-corrected chi connectivity index (χ4v) is 6.68. The van der Waals surface area contributed by atoms with Crippen LogP contribution in [-0.4, -0.2) is 15.0 Å². The Labute approximate surface area is 177 Å². The Morgan fingerprint density at radius 1 is 0.379 bits per heavy atom. The maximum absolute atomic E-state index is 2.30. The summed E-state index contributed by atoms with van der Waals surface area (Å²) < 4.78 is 2.93. The van der Waals surface area contributed by atoms with Crippen molar-refractivity contribution < 1.29 is 0 Å². The van der Waals surface area contributed by atoms with Crippen LogP contribution >= 0.6 is 0 Å². The molecule has 0 N–H and O–H groups in total. The van der Waals surface area contributed by atoms with Gasteiger partial charge in [-0.25, -0.2) is 0 Å². The van der Waals surface area contributed by atoms with E-state index >= 15 is 0 Å². The van der Waals surface area contributed by atoms with Crippen LogP contribution in [0.15, 0.2) is 97.1 Å². The van der Waals surface area contributed by atoms with Crippen molar-refractivity contribution in [2.24, 2.45) is 0 Å². The fraction of sp³-hybridized carbons (Fsp3) is 0. The van der Waals surface area contributed by atoms with E-state index in [1.54, 1.807) is 0 Å². The van der Waals surface area contributed by atoms with Gasteiger partial charge in [0, 0.05) is 0 Å². The van der Waals surface area contributed by atoms with Crippen LogP contribution in [0.1, 0.15) is 33.4 Å². The molecule has 0 amide bonds. The summed E-state index contributed by atoms with van der Waals surface area (Å²) in [5.74, 6) is 0. The van der Waals surface area contributed by atoms with Crippen molar-refractivity contribution in [3.63, 3.8) is 0 Å². The van der Waals surface area contributed by atoms with E-state index in [9.17, 15) is 0 Å². The van der Waals surface area contributed by atoms with Gasteiger partial charge in [0.2, 0.25) is 0 Å². The standard InChI is InChI=1S/C28H18Se/c1-3-11-21-19(9-1)17-18-20-10-2-4-12-22(20)27(21)28-23-13-5-7-15-25(23)29-26-16-8-6-14-24(26)28/h1-18H. The van der Waals surface area contributed by atoms with Crippen LogP contribution in [0.5, 0.6) is 0 Å². The van der Waals surface area contributed by atoms with Crippen LogP contribution in [0.2, 0.25) is 0 Å². The fourth-order valence-electron chi connectivity index (χ4n) is 4.39. The van der Waals surface area contributed by atoms with Gasteiger partial charge in [-0.05, 0) is 0 Å². The van der Waals surface area contributed by atoms with Gasteiger partial charge in [0.1, 0.15) is 0 Å². The zero-order valence-corrected chi connectivity index (χ0v) is 17.5. The Balaban J connectivity index is 1.82. The molecule has 0 saturated carbocycles. The van der Waals surface area contributed by atoms with Gasteiger partial charge in [0.15, 0.2) is 0 Å². The molecule has 4 aromatic carbocycles. The SMILES string of the molecule is C1=Cc2ccccc2C(=C2c3ccccc3[Se]c3ccccc32)c2ccccc21. The summed E-state index contributed by atoms with van der Waals surface area (Å²) in [5, 5.41) is 0. The van der Waals surface area contributed by atoms with E-state index in [0.29, 0.717) is 15.0 Å². The van der Waals surface area contributed by atoms with Gasteiger partial charge in [-0.1, -0.05) is 0 Å². The summed E-state index contributed by atoms with van der Waals surface area (Å²) in [7, 11) is 0. The van der Waals surface area contributed by atoms with Gasteiger partial charge in [-0.3, -0.25) is 0 Å². The summed E-state index contributed by atoms with van der Waals surface area (Å²) in [5.41, 5.74) is 10.6. The van der Waals surface area contributed by atoms with E-state index < -0.39 is 0 Å². The second-order valence-electron chi connectivity index (χ2n) is 7.35. The van der Waals surface area contributed by atoms with Crippen molar-refractivity contribution in [1.82, 2.24) is 0 Å². The zero-order valence-electron chi connectivity index (χ0n) is 15.8. The maximum atomic E-state index is 2.30. The monoisotopic (exact) mass is 434 g/mol. The molecular weight excluding hydrogens is 415 g/mol. The van der Waals surface area contributed by atoms with Gasteiger partial charge >= 0.3 is 178 Å². The van der Waals surface area contributed by atoms with Crippen molar-refractivity contribution in [3.8, 4) is 0 Å². The van der Waals surface area contributed by atoms with E-state index in [2.05, 4.69) is 109 Å². The Hall–Kier alpha value is -3.12. The first-order valence-electron chi connectivity index (χ1n) is 9.88. The molecule has 0 nitrogen and oxygen atoms in total. The van der Waals surface area contributed by atoms with Crippen LogP contribution < -0.4 is 8.92 Å². The average Bonchev–Trinajstić information content (AvgIpc) is 2.94. The van der Waals surface area contributed by atoms with Crippen molar-refractivity contribution in [3.05, 3.63) is 130 Å². The second kappa shape index (κ2) is 6.74. The van der Waals surface area contributed by atoms with Crippen LogP contribution in [0, 0.1) is 0 Å². The normalized spacial score (nSPS) is 13.8. The van der Waals surface area contributed by atoms with E-state index in [-0.39, 0.29) is 0 Å². The second-order valence-corrected chi connectivity index (χ2v) is 9.63. The molecule has 0 fully saturated rings. The molecule has 1 aliphatic heterocycles. The molecule has 6 rings (SSSR count). The number of hydrogen-bond donors (Lipinski definition) is 0. The minimum absolute atomic E-state index is 0.333. The number of rotatable bonds is 0. The van der Waals surface area contributed by atoms with Gasteiger partial charge in [-0.15, -0.1) is 0 Å². The third-order valence-electron chi connectivity index (χ3n) is 5.69. The molecule has 1 aliphatic carbocycles. The van der Waals surface area contributed by atoms with Crippen LogP contribution in [0.4, 0.5) is 0 Å². The van der Waals surface area contributed by atoms with Gasteiger partial charge in [0.05, 0.1) is 0 Å². The quantitative estimate of drug-likeness (QED) is 0.291. The molecule has 1 heteroatoms. The van der Waals surface area contributed by atoms with Crippen LogP contribution in [0.3, 0.4) is 0 Å². The molecular formula is C28H18Se. The Morgan fingerprint density at radius 3 is 1.28 bits per heavy atom. The van der Waals surface area contributed by atoms with Gasteiger partial charge < -0.3 is 0 Å². The molecule has 0 radical (unpaired) electrons. The predicted molar refractivity (Wildman–Crippen MR) is 125 cm³/mol. The topological polar surface area (TPSA) is 0 Å². The first-order valence-corrected chi connectivity index (χ1v) is 11.6. The van der Waals surface area contributed by atoms with Crippen molar-refractivity contribution in [1.29, 1.82) is 0 Å². The van der Waals surface area contributed by atoms with Crippen molar-refractivity contribution in [2.45, 2.75) is 0 Å². The Kier molecular flexibility index (Phi) is 3.90. The molecule has 1 heterocycles. The van der Waals surface area contributed by atoms with Crippen LogP contribution in [-0.2, 0) is 0 Å². The van der Waals surface area contributed by atoms with Crippen molar-refractivity contribution >= 4 is 47.2 Å². The summed E-state index contributed by atoms with van der Waals surface area (Å²) in [4.78, 5) is 0. The molecule has 0 aromatic heterocycles. The van der Waals surface area contributed by atoms with E-state index in [0.717, 1.165) is 0 Å². The number of fused-ring (bicyclic) bond motifs is 4. The Bertz CT molecular complexity index is 1220. The van der Waals surface area contributed by atoms with E-state index in [1.807, 2.05) is 0 Å². The summed E-state index contributed by atoms with van der Waals surface area (Å²) >= 11 is 0.333. The first-order chi connectivity index (χ1) is 14.4. The first kappa shape index (κ1) is 16.8. The number of hydrogen-bond acceptors (Lipinski definition) is 0. The molecule has 0 spiro atoms. The average molecular weight is 433 g/mol. The van der Waals surface area contributed by atoms with E-state index in [4.69, 9.17) is 0 Å². The van der Waals surface area contributed by atoms with Crippen molar-refractivity contribution in [2.75, 3.05) is 0 Å². The molecule has 0 unspecified atom stereocenters. The zero-order chi connectivity index (χ0) is 19.2.